The number of hydrogen-bond acceptors (Lipinski definition) is 3. The summed E-state index contributed by atoms with van der Waals surface area (Å²) in [6.07, 6.45) is 3.28. The van der Waals surface area contributed by atoms with E-state index in [1.165, 1.54) is 0 Å². The van der Waals surface area contributed by atoms with Crippen molar-refractivity contribution < 1.29 is 9.59 Å². The van der Waals surface area contributed by atoms with Gasteiger partial charge in [0.2, 0.25) is 0 Å². The Bertz CT molecular complexity index is 614. The van der Waals surface area contributed by atoms with E-state index in [-0.39, 0.29) is 5.92 Å². The first-order valence-electron chi connectivity index (χ1n) is 7.16. The van der Waals surface area contributed by atoms with Gasteiger partial charge in [0.15, 0.2) is 0 Å². The minimum Gasteiger partial charge on any atom is -0.347 e. The van der Waals surface area contributed by atoms with Gasteiger partial charge in [0.1, 0.15) is 0 Å². The Labute approximate surface area is 129 Å². The molecule has 0 aliphatic rings. The van der Waals surface area contributed by atoms with Gasteiger partial charge in [0.25, 0.3) is 0 Å². The summed E-state index contributed by atoms with van der Waals surface area (Å²) in [5, 5.41) is 5.24. The maximum Gasteiger partial charge on any atom is 0.309 e. The van der Waals surface area contributed by atoms with Gasteiger partial charge < -0.3 is 10.6 Å². The summed E-state index contributed by atoms with van der Waals surface area (Å²) < 4.78 is 0. The van der Waals surface area contributed by atoms with Crippen molar-refractivity contribution in [1.29, 1.82) is 0 Å². The van der Waals surface area contributed by atoms with E-state index in [2.05, 4.69) is 15.6 Å². The normalized spacial score (nSPS) is 11.5. The summed E-state index contributed by atoms with van der Waals surface area (Å²) >= 11 is 0. The van der Waals surface area contributed by atoms with Gasteiger partial charge in [0.05, 0.1) is 0 Å². The summed E-state index contributed by atoms with van der Waals surface area (Å²) in [6, 6.07) is 13.4. The van der Waals surface area contributed by atoms with Crippen molar-refractivity contribution in [3.05, 3.63) is 66.0 Å². The summed E-state index contributed by atoms with van der Waals surface area (Å²) in [5.41, 5.74) is 2.02. The van der Waals surface area contributed by atoms with Crippen molar-refractivity contribution in [1.82, 2.24) is 15.6 Å². The molecule has 0 aliphatic carbocycles. The maximum atomic E-state index is 11.8. The highest BCUT2D eigenvalue weighted by Crippen LogP contribution is 2.12. The molecular weight excluding hydrogens is 278 g/mol. The molecule has 0 saturated carbocycles. The number of nitrogens with one attached hydrogen (secondary N) is 2. The Balaban J connectivity index is 1.76. The molecule has 0 aliphatic heterocycles. The van der Waals surface area contributed by atoms with Crippen molar-refractivity contribution in [2.24, 2.45) is 0 Å². The fourth-order valence-corrected chi connectivity index (χ4v) is 1.99. The minimum atomic E-state index is -0.628. The molecule has 2 amide bonds. The first kappa shape index (κ1) is 15.7. The van der Waals surface area contributed by atoms with Crippen LogP contribution < -0.4 is 10.6 Å². The average molecular weight is 297 g/mol. The number of benzene rings is 1. The van der Waals surface area contributed by atoms with Gasteiger partial charge in [-0.1, -0.05) is 37.3 Å². The van der Waals surface area contributed by atoms with Crippen LogP contribution in [0.2, 0.25) is 0 Å². The molecule has 0 unspecified atom stereocenters. The quantitative estimate of drug-likeness (QED) is 0.824. The van der Waals surface area contributed by atoms with E-state index >= 15 is 0 Å². The molecule has 2 rings (SSSR count). The zero-order valence-electron chi connectivity index (χ0n) is 12.5. The van der Waals surface area contributed by atoms with Crippen LogP contribution in [0.1, 0.15) is 24.0 Å². The van der Waals surface area contributed by atoms with Gasteiger partial charge in [-0.2, -0.15) is 0 Å². The fourth-order valence-electron chi connectivity index (χ4n) is 1.99. The van der Waals surface area contributed by atoms with Crippen LogP contribution in [0.15, 0.2) is 54.9 Å². The lowest BCUT2D eigenvalue weighted by atomic mass is 10.0. The Kier molecular flexibility index (Phi) is 5.65. The summed E-state index contributed by atoms with van der Waals surface area (Å²) in [7, 11) is 0. The Morgan fingerprint density at radius 1 is 1.00 bits per heavy atom. The van der Waals surface area contributed by atoms with E-state index in [1.807, 2.05) is 37.3 Å². The zero-order chi connectivity index (χ0) is 15.8. The largest absolute Gasteiger partial charge is 0.347 e. The van der Waals surface area contributed by atoms with Crippen LogP contribution in [-0.2, 0) is 16.1 Å². The van der Waals surface area contributed by atoms with Gasteiger partial charge in [-0.3, -0.25) is 14.6 Å². The van der Waals surface area contributed by atoms with Crippen LogP contribution in [0.25, 0.3) is 0 Å². The number of rotatable bonds is 5. The molecule has 0 fully saturated rings. The average Bonchev–Trinajstić information content (AvgIpc) is 2.58. The molecule has 1 heterocycles. The summed E-state index contributed by atoms with van der Waals surface area (Å²) in [6.45, 7) is 2.74. The van der Waals surface area contributed by atoms with Crippen LogP contribution in [0.5, 0.6) is 0 Å². The van der Waals surface area contributed by atoms with Crippen LogP contribution in [0, 0.1) is 0 Å². The monoisotopic (exact) mass is 297 g/mol. The molecule has 22 heavy (non-hydrogen) atoms. The third-order valence-corrected chi connectivity index (χ3v) is 3.35. The molecule has 0 bridgehead atoms. The lowest BCUT2D eigenvalue weighted by Crippen LogP contribution is -2.40. The highest BCUT2D eigenvalue weighted by molar-refractivity contribution is 6.35. The second kappa shape index (κ2) is 7.93. The smallest absolute Gasteiger partial charge is 0.309 e. The highest BCUT2D eigenvalue weighted by atomic mass is 16.2. The molecule has 2 aromatic rings. The van der Waals surface area contributed by atoms with Crippen LogP contribution in [0.3, 0.4) is 0 Å². The van der Waals surface area contributed by atoms with Gasteiger partial charge in [-0.25, -0.2) is 0 Å². The predicted octanol–water partition coefficient (Wildman–Crippen LogP) is 1.62. The van der Waals surface area contributed by atoms with Crippen molar-refractivity contribution >= 4 is 11.8 Å². The molecule has 5 heteroatoms. The number of aromatic nitrogens is 1. The van der Waals surface area contributed by atoms with Crippen LogP contribution >= 0.6 is 0 Å². The maximum absolute atomic E-state index is 11.8. The fraction of sp³-hybridized carbons (Fsp3) is 0.235. The molecule has 5 nitrogen and oxygen atoms in total. The molecule has 0 radical (unpaired) electrons. The molecule has 1 atom stereocenters. The molecule has 0 spiro atoms. The van der Waals surface area contributed by atoms with Gasteiger partial charge in [-0.05, 0) is 29.2 Å². The first-order valence-corrected chi connectivity index (χ1v) is 7.16. The molecule has 114 valence electrons. The molecular formula is C17H19N3O2. The topological polar surface area (TPSA) is 71.1 Å². The number of carbonyl (C=O) groups excluding carboxylic acids is 2. The number of carbonyl (C=O) groups is 2. The lowest BCUT2D eigenvalue weighted by molar-refractivity contribution is -0.139. The van der Waals surface area contributed by atoms with Crippen LogP contribution in [0.4, 0.5) is 0 Å². The summed E-state index contributed by atoms with van der Waals surface area (Å²) in [4.78, 5) is 27.4. The van der Waals surface area contributed by atoms with Crippen molar-refractivity contribution in [3.63, 3.8) is 0 Å². The van der Waals surface area contributed by atoms with Crippen molar-refractivity contribution in [3.8, 4) is 0 Å². The third kappa shape index (κ3) is 4.70. The minimum absolute atomic E-state index is 0.151. The number of pyridine rings is 1. The Morgan fingerprint density at radius 3 is 2.32 bits per heavy atom. The first-order chi connectivity index (χ1) is 10.7. The van der Waals surface area contributed by atoms with Crippen LogP contribution in [-0.4, -0.2) is 23.3 Å². The molecule has 2 N–H and O–H groups in total. The van der Waals surface area contributed by atoms with Gasteiger partial charge in [0, 0.05) is 25.5 Å². The van der Waals surface area contributed by atoms with E-state index in [9.17, 15) is 9.59 Å². The van der Waals surface area contributed by atoms with E-state index in [0.717, 1.165) is 11.1 Å². The number of hydrogen-bond donors (Lipinski definition) is 2. The summed E-state index contributed by atoms with van der Waals surface area (Å²) in [5.74, 6) is -1.09. The number of amides is 2. The third-order valence-electron chi connectivity index (χ3n) is 3.35. The zero-order valence-corrected chi connectivity index (χ0v) is 12.5. The molecule has 0 saturated heterocycles. The number of nitrogens with zero attached hydrogens (tertiary/aromatic N) is 1. The van der Waals surface area contributed by atoms with E-state index < -0.39 is 11.8 Å². The second-order valence-corrected chi connectivity index (χ2v) is 5.06. The standard InChI is InChI=1S/C17H19N3O2/c1-13(15-5-3-2-4-6-15)11-19-16(21)17(22)20-12-14-7-9-18-10-8-14/h2-10,13H,11-12H2,1H3,(H,19,21)(H,20,22)/t13-/m1/s1. The Morgan fingerprint density at radius 2 is 1.64 bits per heavy atom. The van der Waals surface area contributed by atoms with E-state index in [0.29, 0.717) is 13.1 Å². The SMILES string of the molecule is C[C@H](CNC(=O)C(=O)NCc1ccncc1)c1ccccc1. The second-order valence-electron chi connectivity index (χ2n) is 5.06. The van der Waals surface area contributed by atoms with Gasteiger partial charge >= 0.3 is 11.8 Å². The Hall–Kier alpha value is -2.69. The predicted molar refractivity (Wildman–Crippen MR) is 84.0 cm³/mol. The van der Waals surface area contributed by atoms with Crippen molar-refractivity contribution in [2.45, 2.75) is 19.4 Å². The van der Waals surface area contributed by atoms with Crippen molar-refractivity contribution in [2.75, 3.05) is 6.54 Å². The van der Waals surface area contributed by atoms with E-state index in [4.69, 9.17) is 0 Å². The van der Waals surface area contributed by atoms with E-state index in [1.54, 1.807) is 24.5 Å². The molecule has 1 aromatic heterocycles. The molecule has 1 aromatic carbocycles. The van der Waals surface area contributed by atoms with Gasteiger partial charge in [-0.15, -0.1) is 0 Å². The highest BCUT2D eigenvalue weighted by Gasteiger charge is 2.14. The lowest BCUT2D eigenvalue weighted by Gasteiger charge is -2.13.